The Morgan fingerprint density at radius 3 is 2.61 bits per heavy atom. The molecule has 7 nitrogen and oxygen atoms in total. The lowest BCUT2D eigenvalue weighted by molar-refractivity contribution is 0.0741. The van der Waals surface area contributed by atoms with Crippen LogP contribution in [0.1, 0.15) is 16.1 Å². The average Bonchev–Trinajstić information content (AvgIpc) is 3.36. The van der Waals surface area contributed by atoms with Crippen molar-refractivity contribution >= 4 is 40.4 Å². The summed E-state index contributed by atoms with van der Waals surface area (Å²) in [6.45, 7) is 8.05. The van der Waals surface area contributed by atoms with Crippen molar-refractivity contribution in [3.63, 3.8) is 0 Å². The summed E-state index contributed by atoms with van der Waals surface area (Å²) in [5.41, 5.74) is 3.82. The Morgan fingerprint density at radius 1 is 1.03 bits per heavy atom. The molecule has 9 heteroatoms. The molecule has 0 N–H and O–H groups in total. The summed E-state index contributed by atoms with van der Waals surface area (Å²) < 4.78 is 5.44. The van der Waals surface area contributed by atoms with Crippen LogP contribution in [0.25, 0.3) is 10.6 Å². The minimum Gasteiger partial charge on any atom is -0.378 e. The van der Waals surface area contributed by atoms with E-state index >= 15 is 0 Å². The maximum atomic E-state index is 13.1. The number of hydrogen-bond donors (Lipinski definition) is 0. The minimum absolute atomic E-state index is 0.0116. The maximum Gasteiger partial charge on any atom is 0.273 e. The van der Waals surface area contributed by atoms with Gasteiger partial charge in [0.25, 0.3) is 5.91 Å². The number of carbonyl (C=O) groups excluding carboxylic acids is 1. The molecule has 1 amide bonds. The standard InChI is InChI=1S/C24H26ClN5O2S/c1-17-2-3-19(25)15-21(17)28-6-8-30(9-7-28)24(31)20-16-33-23(27-20)18-4-5-26-22(14-18)29-10-12-32-13-11-29/h2-5,14-16H,6-13H2,1H3. The van der Waals surface area contributed by atoms with Crippen LogP contribution in [0.2, 0.25) is 5.02 Å². The van der Waals surface area contributed by atoms with E-state index in [1.165, 1.54) is 16.9 Å². The van der Waals surface area contributed by atoms with Gasteiger partial charge in [0.05, 0.1) is 13.2 Å². The molecule has 0 radical (unpaired) electrons. The lowest BCUT2D eigenvalue weighted by atomic mass is 10.1. The monoisotopic (exact) mass is 483 g/mol. The molecule has 2 aromatic heterocycles. The fourth-order valence-electron chi connectivity index (χ4n) is 4.26. The number of piperazine rings is 1. The number of anilines is 2. The van der Waals surface area contributed by atoms with Gasteiger partial charge in [-0.15, -0.1) is 11.3 Å². The summed E-state index contributed by atoms with van der Waals surface area (Å²) in [7, 11) is 0. The largest absolute Gasteiger partial charge is 0.378 e. The number of halogens is 1. The zero-order chi connectivity index (χ0) is 22.8. The van der Waals surface area contributed by atoms with Gasteiger partial charge in [0.1, 0.15) is 16.5 Å². The quantitative estimate of drug-likeness (QED) is 0.559. The first-order valence-electron chi connectivity index (χ1n) is 11.1. The van der Waals surface area contributed by atoms with Crippen molar-refractivity contribution in [2.75, 3.05) is 62.3 Å². The molecule has 4 heterocycles. The van der Waals surface area contributed by atoms with Gasteiger partial charge in [-0.05, 0) is 36.8 Å². The van der Waals surface area contributed by atoms with Crippen LogP contribution in [0.4, 0.5) is 11.5 Å². The molecule has 2 saturated heterocycles. The van der Waals surface area contributed by atoms with E-state index in [0.29, 0.717) is 32.0 Å². The van der Waals surface area contributed by atoms with Crippen LogP contribution in [0.3, 0.4) is 0 Å². The number of ether oxygens (including phenoxy) is 1. The van der Waals surface area contributed by atoms with E-state index in [9.17, 15) is 4.79 Å². The van der Waals surface area contributed by atoms with Crippen molar-refractivity contribution in [3.05, 3.63) is 58.2 Å². The summed E-state index contributed by atoms with van der Waals surface area (Å²) in [5, 5.41) is 3.43. The molecule has 2 fully saturated rings. The van der Waals surface area contributed by atoms with E-state index in [1.807, 2.05) is 40.6 Å². The molecule has 0 unspecified atom stereocenters. The first-order chi connectivity index (χ1) is 16.1. The number of pyridine rings is 1. The van der Waals surface area contributed by atoms with E-state index in [4.69, 9.17) is 16.3 Å². The summed E-state index contributed by atoms with van der Waals surface area (Å²) in [6, 6.07) is 9.94. The van der Waals surface area contributed by atoms with E-state index in [1.54, 1.807) is 6.20 Å². The highest BCUT2D eigenvalue weighted by atomic mass is 35.5. The van der Waals surface area contributed by atoms with Crippen LogP contribution in [-0.4, -0.2) is 73.3 Å². The number of thiazole rings is 1. The third kappa shape index (κ3) is 4.83. The minimum atomic E-state index is -0.0116. The van der Waals surface area contributed by atoms with Crippen LogP contribution in [0.15, 0.2) is 41.9 Å². The fourth-order valence-corrected chi connectivity index (χ4v) is 5.21. The zero-order valence-electron chi connectivity index (χ0n) is 18.5. The number of benzene rings is 1. The molecule has 0 saturated carbocycles. The topological polar surface area (TPSA) is 61.8 Å². The number of hydrogen-bond acceptors (Lipinski definition) is 7. The first-order valence-corrected chi connectivity index (χ1v) is 12.4. The predicted octanol–water partition coefficient (Wildman–Crippen LogP) is 3.97. The average molecular weight is 484 g/mol. The number of aryl methyl sites for hydroxylation is 1. The van der Waals surface area contributed by atoms with Crippen molar-refractivity contribution in [2.45, 2.75) is 6.92 Å². The Balaban J connectivity index is 1.25. The highest BCUT2D eigenvalue weighted by molar-refractivity contribution is 7.13. The van der Waals surface area contributed by atoms with Gasteiger partial charge in [-0.1, -0.05) is 17.7 Å². The fraction of sp³-hybridized carbons (Fsp3) is 0.375. The second kappa shape index (κ2) is 9.67. The molecular formula is C24H26ClN5O2S. The zero-order valence-corrected chi connectivity index (χ0v) is 20.1. The highest BCUT2D eigenvalue weighted by Gasteiger charge is 2.25. The number of amides is 1. The molecule has 5 rings (SSSR count). The van der Waals surface area contributed by atoms with Gasteiger partial charge in [-0.3, -0.25) is 4.79 Å². The number of nitrogens with zero attached hydrogens (tertiary/aromatic N) is 5. The van der Waals surface area contributed by atoms with Gasteiger partial charge in [-0.25, -0.2) is 9.97 Å². The van der Waals surface area contributed by atoms with Crippen molar-refractivity contribution in [2.24, 2.45) is 0 Å². The van der Waals surface area contributed by atoms with Crippen LogP contribution >= 0.6 is 22.9 Å². The van der Waals surface area contributed by atoms with Crippen LogP contribution in [0, 0.1) is 6.92 Å². The molecule has 2 aliphatic heterocycles. The highest BCUT2D eigenvalue weighted by Crippen LogP contribution is 2.28. The lowest BCUT2D eigenvalue weighted by Crippen LogP contribution is -2.49. The number of morpholine rings is 1. The molecule has 172 valence electrons. The van der Waals surface area contributed by atoms with Crippen molar-refractivity contribution in [3.8, 4) is 10.6 Å². The molecule has 0 spiro atoms. The SMILES string of the molecule is Cc1ccc(Cl)cc1N1CCN(C(=O)c2csc(-c3ccnc(N4CCOCC4)c3)n2)CC1. The Morgan fingerprint density at radius 2 is 1.82 bits per heavy atom. The summed E-state index contributed by atoms with van der Waals surface area (Å²) >= 11 is 7.69. The molecule has 2 aliphatic rings. The number of carbonyl (C=O) groups is 1. The second-order valence-corrected chi connectivity index (χ2v) is 9.54. The van der Waals surface area contributed by atoms with Crippen molar-refractivity contribution < 1.29 is 9.53 Å². The van der Waals surface area contributed by atoms with Crippen molar-refractivity contribution in [1.29, 1.82) is 0 Å². The first kappa shape index (κ1) is 22.1. The van der Waals surface area contributed by atoms with Gasteiger partial charge in [0.2, 0.25) is 0 Å². The molecule has 0 aliphatic carbocycles. The van der Waals surface area contributed by atoms with E-state index in [2.05, 4.69) is 26.7 Å². The summed E-state index contributed by atoms with van der Waals surface area (Å²) in [6.07, 6.45) is 1.81. The number of aromatic nitrogens is 2. The molecule has 0 bridgehead atoms. The molecule has 3 aromatic rings. The Bertz CT molecular complexity index is 1140. The Hall–Kier alpha value is -2.68. The normalized spacial score (nSPS) is 16.8. The van der Waals surface area contributed by atoms with E-state index in [0.717, 1.165) is 53.3 Å². The van der Waals surface area contributed by atoms with Gasteiger partial charge < -0.3 is 19.4 Å². The molecule has 0 atom stereocenters. The van der Waals surface area contributed by atoms with Crippen LogP contribution in [0.5, 0.6) is 0 Å². The van der Waals surface area contributed by atoms with Crippen LogP contribution in [-0.2, 0) is 4.74 Å². The third-order valence-electron chi connectivity index (χ3n) is 6.13. The maximum absolute atomic E-state index is 13.1. The third-order valence-corrected chi connectivity index (χ3v) is 7.26. The second-order valence-electron chi connectivity index (χ2n) is 8.25. The van der Waals surface area contributed by atoms with E-state index < -0.39 is 0 Å². The van der Waals surface area contributed by atoms with Gasteiger partial charge in [-0.2, -0.15) is 0 Å². The molecular weight excluding hydrogens is 458 g/mol. The van der Waals surface area contributed by atoms with Crippen molar-refractivity contribution in [1.82, 2.24) is 14.9 Å². The summed E-state index contributed by atoms with van der Waals surface area (Å²) in [4.78, 5) is 28.7. The summed E-state index contributed by atoms with van der Waals surface area (Å²) in [5.74, 6) is 0.911. The van der Waals surface area contributed by atoms with Crippen LogP contribution < -0.4 is 9.80 Å². The Labute approximate surface area is 202 Å². The lowest BCUT2D eigenvalue weighted by Gasteiger charge is -2.36. The van der Waals surface area contributed by atoms with Gasteiger partial charge >= 0.3 is 0 Å². The molecule has 33 heavy (non-hydrogen) atoms. The Kier molecular flexibility index (Phi) is 6.48. The van der Waals surface area contributed by atoms with E-state index in [-0.39, 0.29) is 5.91 Å². The number of rotatable bonds is 4. The predicted molar refractivity (Wildman–Crippen MR) is 133 cm³/mol. The molecule has 1 aromatic carbocycles. The van der Waals surface area contributed by atoms with Gasteiger partial charge in [0, 0.05) is 67.1 Å². The smallest absolute Gasteiger partial charge is 0.273 e. The van der Waals surface area contributed by atoms with Gasteiger partial charge in [0.15, 0.2) is 0 Å².